The Balaban J connectivity index is 0.708. The zero-order chi connectivity index (χ0) is 74.5. The Bertz CT molecular complexity index is 3200. The smallest absolute Gasteiger partial charge is 0.408 e. The second-order valence-corrected chi connectivity index (χ2v) is 32.9. The van der Waals surface area contributed by atoms with Gasteiger partial charge < -0.3 is 72.4 Å². The van der Waals surface area contributed by atoms with Crippen LogP contribution in [0.25, 0.3) is 0 Å². The third-order valence-corrected chi connectivity index (χ3v) is 24.7. The van der Waals surface area contributed by atoms with Crippen LogP contribution in [0.2, 0.25) is 0 Å². The van der Waals surface area contributed by atoms with E-state index in [2.05, 4.69) is 53.2 Å². The summed E-state index contributed by atoms with van der Waals surface area (Å²) in [7, 11) is 0. The number of carbonyl (C=O) groups is 14. The normalized spacial score (nSPS) is 30.5. The average molecular weight is 1440 g/mol. The van der Waals surface area contributed by atoms with Crippen molar-refractivity contribution in [1.29, 1.82) is 0 Å². The second kappa shape index (κ2) is 33.8. The lowest BCUT2D eigenvalue weighted by atomic mass is 9.60. The maximum atomic E-state index is 15.1. The number of hydrogen-bond acceptors (Lipinski definition) is 16. The van der Waals surface area contributed by atoms with Crippen LogP contribution in [0, 0.1) is 52.8 Å². The van der Waals surface area contributed by atoms with Gasteiger partial charge in [-0.1, -0.05) is 98.8 Å². The van der Waals surface area contributed by atoms with Gasteiger partial charge in [-0.2, -0.15) is 0 Å². The fourth-order valence-electron chi connectivity index (χ4n) is 18.9. The van der Waals surface area contributed by atoms with Gasteiger partial charge in [0.2, 0.25) is 58.8 Å². The van der Waals surface area contributed by atoms with Crippen LogP contribution in [0.4, 0.5) is 9.59 Å². The molecule has 572 valence electrons. The first-order valence-electron chi connectivity index (χ1n) is 39.1. The summed E-state index contributed by atoms with van der Waals surface area (Å²) < 4.78 is 10.9. The van der Waals surface area contributed by atoms with Gasteiger partial charge in [-0.15, -0.1) is 0 Å². The molecule has 0 spiro atoms. The molecule has 4 aliphatic heterocycles. The predicted octanol–water partition coefficient (Wildman–Crippen LogP) is 4.46. The van der Waals surface area contributed by atoms with Crippen molar-refractivity contribution in [1.82, 2.24) is 63.0 Å². The molecule has 10 fully saturated rings. The Morgan fingerprint density at radius 3 is 1.50 bits per heavy atom. The summed E-state index contributed by atoms with van der Waals surface area (Å²) in [5.41, 5.74) is -0.760. The highest BCUT2D eigenvalue weighted by Crippen LogP contribution is 2.54. The van der Waals surface area contributed by atoms with E-state index in [0.29, 0.717) is 64.2 Å². The van der Waals surface area contributed by atoms with Gasteiger partial charge in [0.1, 0.15) is 54.4 Å². The first-order valence-corrected chi connectivity index (χ1v) is 39.1. The molecule has 11 unspecified atom stereocenters. The molecular formula is C75H116N12O16. The average Bonchev–Trinajstić information content (AvgIpc) is 1.70. The lowest BCUT2D eigenvalue weighted by Gasteiger charge is -2.55. The molecule has 6 saturated carbocycles. The molecule has 10 rings (SSSR count). The highest BCUT2D eigenvalue weighted by Gasteiger charge is 2.63. The molecule has 10 N–H and O–H groups in total. The lowest BCUT2D eigenvalue weighted by molar-refractivity contribution is -0.160. The van der Waals surface area contributed by atoms with Crippen molar-refractivity contribution in [3.8, 4) is 0 Å². The molecular weight excluding hydrogens is 1320 g/mol. The number of alkyl carbamates (subject to hydrolysis) is 2. The maximum absolute atomic E-state index is 15.1. The molecule has 0 aromatic heterocycles. The number of hydrogen-bond donors (Lipinski definition) is 10. The molecule has 6 aliphatic carbocycles. The van der Waals surface area contributed by atoms with Gasteiger partial charge in [-0.3, -0.25) is 57.5 Å². The van der Waals surface area contributed by atoms with Crippen molar-refractivity contribution in [2.45, 2.75) is 333 Å². The van der Waals surface area contributed by atoms with Crippen molar-refractivity contribution in [3.05, 3.63) is 0 Å². The SMILES string of the molecule is CCCC(NC(=O)[C@@H]1C[C@@H]2CCCC3C(C)[C@H](NC(=O)[C@@H](NC(=O)C(C)NC(=O)OC(C)C)C4CCCCC4)C(=O)N1[C@@H]32)C(=O)C(=O)NC1CC1CC(C)OC(=O)NC(C)C(=O)NC(C(=O)N[C@@H]1C(=O)N2[C@H](C(=O)NC(CCC)C(=O)C(=O)NC3CC3)C[C@@H]3CCCC([C@@H]32)C1(C)C)C1CCCCC1. The van der Waals surface area contributed by atoms with Crippen LogP contribution in [0.15, 0.2) is 0 Å². The van der Waals surface area contributed by atoms with Crippen molar-refractivity contribution >= 4 is 82.8 Å². The Kier molecular flexibility index (Phi) is 25.6. The Labute approximate surface area is 605 Å². The molecule has 0 aromatic carbocycles. The summed E-state index contributed by atoms with van der Waals surface area (Å²) in [6.45, 7) is 17.6. The van der Waals surface area contributed by atoms with E-state index in [1.54, 1.807) is 30.6 Å². The van der Waals surface area contributed by atoms with Crippen LogP contribution >= 0.6 is 0 Å². The number of ether oxygens (including phenoxy) is 2. The van der Waals surface area contributed by atoms with Gasteiger partial charge in [-0.25, -0.2) is 9.59 Å². The van der Waals surface area contributed by atoms with E-state index in [4.69, 9.17) is 9.47 Å². The number of amides is 12. The quantitative estimate of drug-likeness (QED) is 0.0444. The van der Waals surface area contributed by atoms with Crippen LogP contribution < -0.4 is 53.2 Å². The van der Waals surface area contributed by atoms with Crippen LogP contribution in [-0.4, -0.2) is 189 Å². The second-order valence-electron chi connectivity index (χ2n) is 32.9. The number of ketones is 2. The van der Waals surface area contributed by atoms with E-state index in [9.17, 15) is 62.3 Å². The van der Waals surface area contributed by atoms with Gasteiger partial charge in [0.05, 0.1) is 18.2 Å². The van der Waals surface area contributed by atoms with E-state index in [1.165, 1.54) is 13.8 Å². The molecule has 4 heterocycles. The van der Waals surface area contributed by atoms with Crippen LogP contribution in [-0.2, 0) is 67.0 Å². The highest BCUT2D eigenvalue weighted by atomic mass is 16.6. The van der Waals surface area contributed by atoms with E-state index >= 15 is 4.79 Å². The molecule has 0 bridgehead atoms. The fraction of sp³-hybridized carbons (Fsp3) is 0.813. The summed E-state index contributed by atoms with van der Waals surface area (Å²) in [5, 5.41) is 28.3. The number of Topliss-reactive ketones (excluding diaryl/α,β-unsaturated/α-hetero) is 2. The molecule has 28 heteroatoms. The number of rotatable bonds is 30. The monoisotopic (exact) mass is 1440 g/mol. The topological polar surface area (TPSA) is 384 Å². The largest absolute Gasteiger partial charge is 0.447 e. The van der Waals surface area contributed by atoms with Crippen LogP contribution in [0.3, 0.4) is 0 Å². The molecule has 28 nitrogen and oxygen atoms in total. The summed E-state index contributed by atoms with van der Waals surface area (Å²) in [5.74, 6) is -8.51. The molecule has 0 radical (unpaired) electrons. The summed E-state index contributed by atoms with van der Waals surface area (Å²) in [6.07, 6.45) is 14.4. The number of piperidine rings is 2. The van der Waals surface area contributed by atoms with Crippen molar-refractivity contribution in [2.75, 3.05) is 0 Å². The summed E-state index contributed by atoms with van der Waals surface area (Å²) >= 11 is 0. The Morgan fingerprint density at radius 1 is 0.505 bits per heavy atom. The lowest BCUT2D eigenvalue weighted by Crippen LogP contribution is -2.70. The van der Waals surface area contributed by atoms with Crippen LogP contribution in [0.1, 0.15) is 236 Å². The van der Waals surface area contributed by atoms with Gasteiger partial charge >= 0.3 is 12.2 Å². The van der Waals surface area contributed by atoms with Crippen molar-refractivity contribution in [3.63, 3.8) is 0 Å². The minimum absolute atomic E-state index is 0.000976. The van der Waals surface area contributed by atoms with E-state index < -0.39 is 167 Å². The number of carbonyl (C=O) groups excluding carboxylic acids is 14. The Hall–Kier alpha value is -7.42. The molecule has 4 saturated heterocycles. The standard InChI is InChI=1S/C75H116N12O16/c1-11-21-50(60(88)69(96)78-47-31-32-47)79-66(93)54-36-45-28-20-30-49-59(45)87(54)72(99)62(75(49,9)10)85-68(95)57(43-25-17-14-18-26-43)84-64(91)41(8)77-74(101)103-38(5)33-46-34-52(46)81-70(97)61(89)51(22-12-2)80-65(92)53-35-44-27-19-29-48-39(6)55(71(98)86(53)58(44)48)82-67(94)56(42-23-15-13-16-24-42)83-63(90)40(7)76-73(100)102-37(3)4/h37-59,62H,11-36H2,1-10H3,(H,76,100)(H,77,101)(H,78,96)(H,79,93)(H,80,92)(H,81,97)(H,82,94)(H,83,90)(H,84,91)(H,85,95)/t38?,39?,40?,41?,44-,45-,46?,48?,49?,50?,51?,52?,53-,54-,55-,56-,57?,58+,59+,62+/m0/s1. The predicted molar refractivity (Wildman–Crippen MR) is 376 cm³/mol. The minimum atomic E-state index is -1.21. The van der Waals surface area contributed by atoms with Gasteiger partial charge in [0.25, 0.3) is 11.8 Å². The third-order valence-electron chi connectivity index (χ3n) is 24.7. The van der Waals surface area contributed by atoms with Crippen molar-refractivity contribution < 1.29 is 76.6 Å². The third kappa shape index (κ3) is 18.1. The first kappa shape index (κ1) is 78.2. The molecule has 20 atom stereocenters. The molecule has 12 amide bonds. The van der Waals surface area contributed by atoms with Gasteiger partial charge in [0, 0.05) is 24.2 Å². The molecule has 103 heavy (non-hydrogen) atoms. The zero-order valence-corrected chi connectivity index (χ0v) is 62.2. The van der Waals surface area contributed by atoms with E-state index in [0.717, 1.165) is 89.9 Å². The van der Waals surface area contributed by atoms with Gasteiger partial charge in [-0.05, 0) is 190 Å². The molecule has 10 aliphatic rings. The summed E-state index contributed by atoms with van der Waals surface area (Å²) in [4.78, 5) is 199. The van der Waals surface area contributed by atoms with Crippen LogP contribution in [0.5, 0.6) is 0 Å². The fourth-order valence-corrected chi connectivity index (χ4v) is 18.9. The van der Waals surface area contributed by atoms with E-state index in [-0.39, 0.29) is 78.3 Å². The Morgan fingerprint density at radius 2 is 0.990 bits per heavy atom. The maximum Gasteiger partial charge on any atom is 0.408 e. The van der Waals surface area contributed by atoms with Crippen molar-refractivity contribution in [2.24, 2.45) is 52.8 Å². The number of nitrogens with one attached hydrogen (secondary N) is 10. The number of nitrogens with zero attached hydrogens (tertiary/aromatic N) is 2. The first-order chi connectivity index (χ1) is 49.0. The molecule has 0 aromatic rings. The van der Waals surface area contributed by atoms with E-state index in [1.807, 2.05) is 34.6 Å². The minimum Gasteiger partial charge on any atom is -0.447 e. The summed E-state index contributed by atoms with van der Waals surface area (Å²) in [6, 6.07) is -11.6. The zero-order valence-electron chi connectivity index (χ0n) is 62.2. The van der Waals surface area contributed by atoms with Gasteiger partial charge in [0.15, 0.2) is 0 Å². The highest BCUT2D eigenvalue weighted by molar-refractivity contribution is 6.39.